The van der Waals surface area contributed by atoms with E-state index < -0.39 is 10.0 Å². The quantitative estimate of drug-likeness (QED) is 0.486. The second-order valence-corrected chi connectivity index (χ2v) is 9.98. The van der Waals surface area contributed by atoms with E-state index in [1.54, 1.807) is 20.3 Å². The maximum absolute atomic E-state index is 12.5. The van der Waals surface area contributed by atoms with Gasteiger partial charge in [-0.25, -0.2) is 18.1 Å². The monoisotopic (exact) mass is 486 g/mol. The van der Waals surface area contributed by atoms with E-state index in [2.05, 4.69) is 9.71 Å². The molecule has 1 N–H and O–H groups in total. The lowest BCUT2D eigenvalue weighted by molar-refractivity contribution is 0.355. The summed E-state index contributed by atoms with van der Waals surface area (Å²) in [5.74, 6) is 1.26. The first kappa shape index (κ1) is 22.8. The lowest BCUT2D eigenvalue weighted by Crippen LogP contribution is -2.26. The van der Waals surface area contributed by atoms with Crippen LogP contribution in [-0.4, -0.2) is 34.2 Å². The molecule has 0 aliphatic rings. The molecule has 0 aliphatic heterocycles. The van der Waals surface area contributed by atoms with Crippen LogP contribution in [0.4, 0.5) is 0 Å². The molecule has 0 amide bonds. The zero-order chi connectivity index (χ0) is 21.9. The standard InChI is InChI=1S/C20H20Cl2N2O4S2/c1-12-18(8-9-23-30(25,26)19-11-14(21)5-6-15(19)22)29-20(24-12)13-4-7-16(27-2)17(10-13)28-3/h4-7,10-11,23H,8-9H2,1-3H3. The van der Waals surface area contributed by atoms with Gasteiger partial charge in [0.05, 0.1) is 24.9 Å². The molecule has 0 spiro atoms. The normalized spacial score (nSPS) is 11.5. The molecule has 0 aliphatic carbocycles. The molecule has 0 atom stereocenters. The van der Waals surface area contributed by atoms with E-state index in [0.29, 0.717) is 22.9 Å². The van der Waals surface area contributed by atoms with Crippen LogP contribution in [0.5, 0.6) is 11.5 Å². The van der Waals surface area contributed by atoms with Crippen LogP contribution in [0.15, 0.2) is 41.3 Å². The number of sulfonamides is 1. The largest absolute Gasteiger partial charge is 0.493 e. The van der Waals surface area contributed by atoms with Gasteiger partial charge in [0, 0.05) is 22.0 Å². The molecule has 160 valence electrons. The average Bonchev–Trinajstić information content (AvgIpc) is 3.09. The highest BCUT2D eigenvalue weighted by atomic mass is 35.5. The molecule has 3 rings (SSSR count). The van der Waals surface area contributed by atoms with E-state index in [9.17, 15) is 8.42 Å². The van der Waals surface area contributed by atoms with Crippen LogP contribution in [0.1, 0.15) is 10.6 Å². The lowest BCUT2D eigenvalue weighted by atomic mass is 10.2. The molecule has 0 bridgehead atoms. The number of aryl methyl sites for hydroxylation is 1. The third-order valence-electron chi connectivity index (χ3n) is 4.35. The van der Waals surface area contributed by atoms with Gasteiger partial charge in [0.25, 0.3) is 0 Å². The Labute approximate surface area is 189 Å². The number of benzene rings is 2. The third kappa shape index (κ3) is 5.07. The zero-order valence-electron chi connectivity index (χ0n) is 16.5. The minimum atomic E-state index is -3.77. The summed E-state index contributed by atoms with van der Waals surface area (Å²) in [6.45, 7) is 2.11. The fraction of sp³-hybridized carbons (Fsp3) is 0.250. The highest BCUT2D eigenvalue weighted by molar-refractivity contribution is 7.89. The summed E-state index contributed by atoms with van der Waals surface area (Å²) < 4.78 is 38.3. The molecule has 2 aromatic carbocycles. The second kappa shape index (κ2) is 9.53. The molecular weight excluding hydrogens is 467 g/mol. The predicted molar refractivity (Wildman–Crippen MR) is 121 cm³/mol. The molecule has 0 saturated carbocycles. The molecule has 10 heteroatoms. The summed E-state index contributed by atoms with van der Waals surface area (Å²) in [4.78, 5) is 5.56. The predicted octanol–water partition coefficient (Wildman–Crippen LogP) is 4.96. The Hall–Kier alpha value is -1.84. The molecule has 6 nitrogen and oxygen atoms in total. The van der Waals surface area contributed by atoms with E-state index in [1.165, 1.54) is 23.5 Å². The first-order chi connectivity index (χ1) is 14.2. The highest BCUT2D eigenvalue weighted by Gasteiger charge is 2.19. The van der Waals surface area contributed by atoms with Crippen LogP contribution in [0.2, 0.25) is 10.0 Å². The first-order valence-electron chi connectivity index (χ1n) is 8.88. The topological polar surface area (TPSA) is 77.5 Å². The Morgan fingerprint density at radius 2 is 1.80 bits per heavy atom. The summed E-state index contributed by atoms with van der Waals surface area (Å²) >= 11 is 13.4. The summed E-state index contributed by atoms with van der Waals surface area (Å²) in [6.07, 6.45) is 0.494. The maximum Gasteiger partial charge on any atom is 0.242 e. The maximum atomic E-state index is 12.5. The van der Waals surface area contributed by atoms with Gasteiger partial charge in [0.15, 0.2) is 11.5 Å². The van der Waals surface area contributed by atoms with E-state index in [1.807, 2.05) is 25.1 Å². The van der Waals surface area contributed by atoms with Crippen molar-refractivity contribution in [1.82, 2.24) is 9.71 Å². The van der Waals surface area contributed by atoms with Crippen LogP contribution in [0, 0.1) is 6.92 Å². The Morgan fingerprint density at radius 3 is 2.50 bits per heavy atom. The summed E-state index contributed by atoms with van der Waals surface area (Å²) in [5, 5.41) is 1.25. The van der Waals surface area contributed by atoms with E-state index in [-0.39, 0.29) is 16.5 Å². The minimum absolute atomic E-state index is 0.0382. The number of halogens is 2. The van der Waals surface area contributed by atoms with Crippen molar-refractivity contribution in [2.24, 2.45) is 0 Å². The van der Waals surface area contributed by atoms with Gasteiger partial charge in [-0.3, -0.25) is 0 Å². The molecule has 0 unspecified atom stereocenters. The Balaban J connectivity index is 1.73. The number of rotatable bonds is 8. The average molecular weight is 487 g/mol. The smallest absolute Gasteiger partial charge is 0.242 e. The fourth-order valence-corrected chi connectivity index (χ4v) is 5.66. The van der Waals surface area contributed by atoms with Crippen LogP contribution < -0.4 is 14.2 Å². The first-order valence-corrected chi connectivity index (χ1v) is 11.9. The summed E-state index contributed by atoms with van der Waals surface area (Å²) in [6, 6.07) is 9.94. The van der Waals surface area contributed by atoms with Gasteiger partial charge in [-0.2, -0.15) is 0 Å². The van der Waals surface area contributed by atoms with Crippen molar-refractivity contribution in [1.29, 1.82) is 0 Å². The van der Waals surface area contributed by atoms with Crippen molar-refractivity contribution in [3.63, 3.8) is 0 Å². The molecule has 1 heterocycles. The van der Waals surface area contributed by atoms with E-state index in [0.717, 1.165) is 21.1 Å². The number of ether oxygens (including phenoxy) is 2. The number of thiazole rings is 1. The summed E-state index contributed by atoms with van der Waals surface area (Å²) in [5.41, 5.74) is 1.75. The Morgan fingerprint density at radius 1 is 1.07 bits per heavy atom. The second-order valence-electron chi connectivity index (χ2n) is 6.32. The highest BCUT2D eigenvalue weighted by Crippen LogP contribution is 2.35. The van der Waals surface area contributed by atoms with Gasteiger partial charge in [-0.1, -0.05) is 23.2 Å². The zero-order valence-corrected chi connectivity index (χ0v) is 19.7. The fourth-order valence-electron chi connectivity index (χ4n) is 2.81. The van der Waals surface area contributed by atoms with Crippen LogP contribution >= 0.6 is 34.5 Å². The van der Waals surface area contributed by atoms with Crippen molar-refractivity contribution in [2.45, 2.75) is 18.2 Å². The van der Waals surface area contributed by atoms with Crippen molar-refractivity contribution in [3.8, 4) is 22.1 Å². The van der Waals surface area contributed by atoms with Crippen molar-refractivity contribution in [2.75, 3.05) is 20.8 Å². The van der Waals surface area contributed by atoms with Crippen molar-refractivity contribution < 1.29 is 17.9 Å². The SMILES string of the molecule is COc1ccc(-c2nc(C)c(CCNS(=O)(=O)c3cc(Cl)ccc3Cl)s2)cc1OC. The molecule has 30 heavy (non-hydrogen) atoms. The molecule has 0 radical (unpaired) electrons. The molecule has 0 saturated heterocycles. The van der Waals surface area contributed by atoms with Gasteiger partial charge in [0.2, 0.25) is 10.0 Å². The van der Waals surface area contributed by atoms with E-state index in [4.69, 9.17) is 32.7 Å². The number of hydrogen-bond acceptors (Lipinski definition) is 6. The Kier molecular flexibility index (Phi) is 7.26. The van der Waals surface area contributed by atoms with Gasteiger partial charge in [0.1, 0.15) is 9.90 Å². The Bertz CT molecular complexity index is 1160. The van der Waals surface area contributed by atoms with Crippen molar-refractivity contribution in [3.05, 3.63) is 57.0 Å². The summed E-state index contributed by atoms with van der Waals surface area (Å²) in [7, 11) is -0.605. The van der Waals surface area contributed by atoms with Crippen LogP contribution in [-0.2, 0) is 16.4 Å². The van der Waals surface area contributed by atoms with Gasteiger partial charge >= 0.3 is 0 Å². The number of aromatic nitrogens is 1. The number of nitrogens with zero attached hydrogens (tertiary/aromatic N) is 1. The van der Waals surface area contributed by atoms with Gasteiger partial charge in [-0.05, 0) is 49.7 Å². The van der Waals surface area contributed by atoms with Gasteiger partial charge < -0.3 is 9.47 Å². The molecule has 1 aromatic heterocycles. The van der Waals surface area contributed by atoms with Crippen LogP contribution in [0.3, 0.4) is 0 Å². The minimum Gasteiger partial charge on any atom is -0.493 e. The van der Waals surface area contributed by atoms with E-state index >= 15 is 0 Å². The van der Waals surface area contributed by atoms with Gasteiger partial charge in [-0.15, -0.1) is 11.3 Å². The number of hydrogen-bond donors (Lipinski definition) is 1. The molecule has 0 fully saturated rings. The molecule has 3 aromatic rings. The lowest BCUT2D eigenvalue weighted by Gasteiger charge is -2.08. The van der Waals surface area contributed by atoms with Crippen LogP contribution in [0.25, 0.3) is 10.6 Å². The van der Waals surface area contributed by atoms with Crippen molar-refractivity contribution >= 4 is 44.6 Å². The third-order valence-corrected chi connectivity index (χ3v) is 7.79. The molecular formula is C20H20Cl2N2O4S2. The number of nitrogens with one attached hydrogen (secondary N) is 1. The number of methoxy groups -OCH3 is 2.